The third-order valence-electron chi connectivity index (χ3n) is 3.89. The number of halogens is 1. The van der Waals surface area contributed by atoms with Crippen LogP contribution in [-0.2, 0) is 4.74 Å². The van der Waals surface area contributed by atoms with E-state index < -0.39 is 0 Å². The summed E-state index contributed by atoms with van der Waals surface area (Å²) in [6.45, 7) is 4.46. The van der Waals surface area contributed by atoms with Gasteiger partial charge in [0, 0.05) is 31.8 Å². The predicted molar refractivity (Wildman–Crippen MR) is 79.9 cm³/mol. The summed E-state index contributed by atoms with van der Waals surface area (Å²) >= 11 is 0. The van der Waals surface area contributed by atoms with Crippen molar-refractivity contribution in [1.29, 1.82) is 0 Å². The number of aryl methyl sites for hydroxylation is 1. The van der Waals surface area contributed by atoms with E-state index in [9.17, 15) is 9.18 Å². The molecule has 1 unspecified atom stereocenters. The van der Waals surface area contributed by atoms with Gasteiger partial charge in [-0.05, 0) is 44.0 Å². The summed E-state index contributed by atoms with van der Waals surface area (Å²) < 4.78 is 18.5. The normalized spacial score (nSPS) is 18.0. The van der Waals surface area contributed by atoms with Crippen molar-refractivity contribution >= 4 is 5.91 Å². The number of amides is 1. The first kappa shape index (κ1) is 15.9. The van der Waals surface area contributed by atoms with E-state index >= 15 is 0 Å². The predicted octanol–water partition coefficient (Wildman–Crippen LogP) is 1.97. The van der Waals surface area contributed by atoms with Gasteiger partial charge in [0.25, 0.3) is 5.91 Å². The number of hydrogen-bond donors (Lipinski definition) is 1. The molecule has 1 aliphatic heterocycles. The van der Waals surface area contributed by atoms with Gasteiger partial charge in [-0.25, -0.2) is 4.39 Å². The summed E-state index contributed by atoms with van der Waals surface area (Å²) in [5, 5.41) is 3.39. The van der Waals surface area contributed by atoms with Gasteiger partial charge in [-0.2, -0.15) is 0 Å². The zero-order chi connectivity index (χ0) is 15.2. The maximum Gasteiger partial charge on any atom is 0.254 e. The van der Waals surface area contributed by atoms with E-state index in [1.165, 1.54) is 12.1 Å². The second-order valence-electron chi connectivity index (χ2n) is 5.50. The quantitative estimate of drug-likeness (QED) is 0.872. The van der Waals surface area contributed by atoms with Gasteiger partial charge in [0.05, 0.1) is 6.61 Å². The smallest absolute Gasteiger partial charge is 0.254 e. The summed E-state index contributed by atoms with van der Waals surface area (Å²) in [5.74, 6) is -0.507. The first-order valence-corrected chi connectivity index (χ1v) is 7.39. The van der Waals surface area contributed by atoms with Crippen LogP contribution in [0.1, 0.15) is 28.8 Å². The summed E-state index contributed by atoms with van der Waals surface area (Å²) in [4.78, 5) is 14.4. The van der Waals surface area contributed by atoms with Crippen molar-refractivity contribution < 1.29 is 13.9 Å². The Hall–Kier alpha value is -1.46. The Morgan fingerprint density at radius 2 is 2.33 bits per heavy atom. The van der Waals surface area contributed by atoms with Crippen LogP contribution in [0, 0.1) is 12.7 Å². The summed E-state index contributed by atoms with van der Waals surface area (Å²) in [7, 11) is 1.61. The molecule has 0 radical (unpaired) electrons. The van der Waals surface area contributed by atoms with Gasteiger partial charge >= 0.3 is 0 Å². The number of carbonyl (C=O) groups is 1. The molecule has 1 amide bonds. The fraction of sp³-hybridized carbons (Fsp3) is 0.562. The van der Waals surface area contributed by atoms with E-state index in [2.05, 4.69) is 5.32 Å². The van der Waals surface area contributed by atoms with Gasteiger partial charge in [0.15, 0.2) is 0 Å². The van der Waals surface area contributed by atoms with Crippen LogP contribution >= 0.6 is 0 Å². The summed E-state index contributed by atoms with van der Waals surface area (Å²) in [5.41, 5.74) is 1.23. The fourth-order valence-corrected chi connectivity index (χ4v) is 2.65. The molecule has 1 saturated heterocycles. The van der Waals surface area contributed by atoms with Crippen LogP contribution in [0.5, 0.6) is 0 Å². The number of carbonyl (C=O) groups excluding carboxylic acids is 1. The Bertz CT molecular complexity index is 487. The SMILES string of the molecule is COCCN(CC1CCCN1)C(=O)c1cc(F)ccc1C. The number of methoxy groups -OCH3 is 1. The van der Waals surface area contributed by atoms with Crippen molar-refractivity contribution in [2.45, 2.75) is 25.8 Å². The maximum absolute atomic E-state index is 13.4. The van der Waals surface area contributed by atoms with Crippen LogP contribution < -0.4 is 5.32 Å². The molecule has 0 aromatic heterocycles. The lowest BCUT2D eigenvalue weighted by atomic mass is 10.1. The molecule has 21 heavy (non-hydrogen) atoms. The third-order valence-corrected chi connectivity index (χ3v) is 3.89. The van der Waals surface area contributed by atoms with Crippen LogP contribution in [-0.4, -0.2) is 50.2 Å². The van der Waals surface area contributed by atoms with Crippen LogP contribution in [0.3, 0.4) is 0 Å². The Balaban J connectivity index is 2.13. The Morgan fingerprint density at radius 1 is 1.52 bits per heavy atom. The highest BCUT2D eigenvalue weighted by molar-refractivity contribution is 5.95. The molecular formula is C16H23FN2O2. The highest BCUT2D eigenvalue weighted by Crippen LogP contribution is 2.15. The van der Waals surface area contributed by atoms with Crippen molar-refractivity contribution in [3.63, 3.8) is 0 Å². The lowest BCUT2D eigenvalue weighted by Crippen LogP contribution is -2.42. The van der Waals surface area contributed by atoms with E-state index in [0.29, 0.717) is 31.3 Å². The lowest BCUT2D eigenvalue weighted by Gasteiger charge is -2.26. The molecule has 1 atom stereocenters. The first-order valence-electron chi connectivity index (χ1n) is 7.39. The zero-order valence-corrected chi connectivity index (χ0v) is 12.7. The Labute approximate surface area is 125 Å². The van der Waals surface area contributed by atoms with Crippen molar-refractivity contribution in [3.8, 4) is 0 Å². The Kier molecular flexibility index (Phi) is 5.70. The molecule has 0 spiro atoms. The van der Waals surface area contributed by atoms with Gasteiger partial charge < -0.3 is 15.0 Å². The van der Waals surface area contributed by atoms with E-state index in [1.807, 2.05) is 6.92 Å². The van der Waals surface area contributed by atoms with E-state index in [-0.39, 0.29) is 11.7 Å². The number of hydrogen-bond acceptors (Lipinski definition) is 3. The average Bonchev–Trinajstić information content (AvgIpc) is 2.98. The summed E-state index contributed by atoms with van der Waals surface area (Å²) in [6, 6.07) is 4.66. The van der Waals surface area contributed by atoms with Crippen LogP contribution in [0.25, 0.3) is 0 Å². The molecule has 1 aromatic rings. The summed E-state index contributed by atoms with van der Waals surface area (Å²) in [6.07, 6.45) is 2.20. The number of rotatable bonds is 6. The van der Waals surface area contributed by atoms with Crippen molar-refractivity contribution in [3.05, 3.63) is 35.1 Å². The zero-order valence-electron chi connectivity index (χ0n) is 12.7. The van der Waals surface area contributed by atoms with E-state index in [1.54, 1.807) is 18.1 Å². The van der Waals surface area contributed by atoms with Crippen molar-refractivity contribution in [2.24, 2.45) is 0 Å². The highest BCUT2D eigenvalue weighted by atomic mass is 19.1. The van der Waals surface area contributed by atoms with Crippen LogP contribution in [0.4, 0.5) is 4.39 Å². The second-order valence-corrected chi connectivity index (χ2v) is 5.50. The molecule has 1 heterocycles. The molecule has 5 heteroatoms. The molecule has 116 valence electrons. The van der Waals surface area contributed by atoms with Gasteiger partial charge in [-0.1, -0.05) is 6.07 Å². The van der Waals surface area contributed by atoms with Crippen molar-refractivity contribution in [2.75, 3.05) is 33.4 Å². The topological polar surface area (TPSA) is 41.6 Å². The third kappa shape index (κ3) is 4.25. The average molecular weight is 294 g/mol. The van der Waals surface area contributed by atoms with Gasteiger partial charge in [0.1, 0.15) is 5.82 Å². The van der Waals surface area contributed by atoms with Crippen molar-refractivity contribution in [1.82, 2.24) is 10.2 Å². The first-order chi connectivity index (χ1) is 10.1. The van der Waals surface area contributed by atoms with Gasteiger partial charge in [-0.3, -0.25) is 4.79 Å². The molecule has 1 N–H and O–H groups in total. The van der Waals surface area contributed by atoms with E-state index in [4.69, 9.17) is 4.74 Å². The molecule has 0 bridgehead atoms. The number of nitrogens with zero attached hydrogens (tertiary/aromatic N) is 1. The minimum Gasteiger partial charge on any atom is -0.383 e. The number of nitrogens with one attached hydrogen (secondary N) is 1. The lowest BCUT2D eigenvalue weighted by molar-refractivity contribution is 0.0678. The maximum atomic E-state index is 13.4. The molecule has 0 aliphatic carbocycles. The molecule has 0 saturated carbocycles. The van der Waals surface area contributed by atoms with Gasteiger partial charge in [0.2, 0.25) is 0 Å². The molecule has 2 rings (SSSR count). The molecular weight excluding hydrogens is 271 g/mol. The minimum absolute atomic E-state index is 0.127. The Morgan fingerprint density at radius 3 is 3.00 bits per heavy atom. The number of ether oxygens (including phenoxy) is 1. The fourth-order valence-electron chi connectivity index (χ4n) is 2.65. The number of benzene rings is 1. The van der Waals surface area contributed by atoms with E-state index in [0.717, 1.165) is 24.9 Å². The molecule has 1 aromatic carbocycles. The molecule has 1 fully saturated rings. The monoisotopic (exact) mass is 294 g/mol. The molecule has 4 nitrogen and oxygen atoms in total. The molecule has 1 aliphatic rings. The van der Waals surface area contributed by atoms with Gasteiger partial charge in [-0.15, -0.1) is 0 Å². The van der Waals surface area contributed by atoms with Crippen LogP contribution in [0.2, 0.25) is 0 Å². The standard InChI is InChI=1S/C16H23FN2O2/c1-12-5-6-13(17)10-15(12)16(20)19(8-9-21-2)11-14-4-3-7-18-14/h5-6,10,14,18H,3-4,7-9,11H2,1-2H3. The minimum atomic E-state index is -0.380. The largest absolute Gasteiger partial charge is 0.383 e. The van der Waals surface area contributed by atoms with Crippen LogP contribution in [0.15, 0.2) is 18.2 Å². The highest BCUT2D eigenvalue weighted by Gasteiger charge is 2.23. The second kappa shape index (κ2) is 7.52.